The standard InChI is InChI=1S/C25H25Cl3N2O7/c1-15(31)37-22-11-20(29-24(33)36-14-25(26,27)28)19(10-21(22)35-3)23(32)30-12-17(9-18(30)13-34-2)16-7-5-4-6-8-16/h4-8,10-12,18H,9,13-14H2,1-3H3,(H,29,33)/t18-/m1/s1. The predicted octanol–water partition coefficient (Wildman–Crippen LogP) is 5.44. The summed E-state index contributed by atoms with van der Waals surface area (Å²) in [6, 6.07) is 12.0. The quantitative estimate of drug-likeness (QED) is 0.256. The molecule has 198 valence electrons. The van der Waals surface area contributed by atoms with E-state index < -0.39 is 28.4 Å². The van der Waals surface area contributed by atoms with Gasteiger partial charge in [0.1, 0.15) is 6.61 Å². The molecule has 0 unspecified atom stereocenters. The van der Waals surface area contributed by atoms with Gasteiger partial charge in [0.05, 0.1) is 31.0 Å². The van der Waals surface area contributed by atoms with Crippen LogP contribution in [0.3, 0.4) is 0 Å². The molecule has 3 rings (SSSR count). The number of anilines is 1. The van der Waals surface area contributed by atoms with Crippen molar-refractivity contribution in [3.8, 4) is 11.5 Å². The maximum Gasteiger partial charge on any atom is 0.411 e. The highest BCUT2D eigenvalue weighted by atomic mass is 35.6. The maximum atomic E-state index is 13.8. The SMILES string of the molecule is COC[C@H]1CC(c2ccccc2)=CN1C(=O)c1cc(OC)c(OC(C)=O)cc1NC(=O)OCC(Cl)(Cl)Cl. The van der Waals surface area contributed by atoms with Crippen molar-refractivity contribution in [2.45, 2.75) is 23.2 Å². The van der Waals surface area contributed by atoms with Crippen LogP contribution in [0, 0.1) is 0 Å². The highest BCUT2D eigenvalue weighted by Gasteiger charge is 2.33. The number of amides is 2. The zero-order chi connectivity index (χ0) is 27.2. The number of ether oxygens (including phenoxy) is 4. The summed E-state index contributed by atoms with van der Waals surface area (Å²) >= 11 is 17.0. The minimum Gasteiger partial charge on any atom is -0.493 e. The minimum atomic E-state index is -1.83. The number of carbonyl (C=O) groups excluding carboxylic acids is 3. The summed E-state index contributed by atoms with van der Waals surface area (Å²) < 4.78 is 19.0. The Bertz CT molecular complexity index is 1180. The number of carbonyl (C=O) groups is 3. The van der Waals surface area contributed by atoms with Crippen molar-refractivity contribution in [2.75, 3.05) is 32.8 Å². The molecule has 0 bridgehead atoms. The number of alkyl halides is 3. The number of methoxy groups -OCH3 is 2. The molecule has 1 heterocycles. The van der Waals surface area contributed by atoms with Gasteiger partial charge in [-0.3, -0.25) is 14.9 Å². The highest BCUT2D eigenvalue weighted by Crippen LogP contribution is 2.37. The van der Waals surface area contributed by atoms with Gasteiger partial charge >= 0.3 is 12.1 Å². The summed E-state index contributed by atoms with van der Waals surface area (Å²) in [6.07, 6.45) is 1.31. The van der Waals surface area contributed by atoms with Gasteiger partial charge in [-0.1, -0.05) is 65.1 Å². The van der Waals surface area contributed by atoms with Gasteiger partial charge in [0, 0.05) is 26.3 Å². The Morgan fingerprint density at radius 1 is 1.08 bits per heavy atom. The third kappa shape index (κ3) is 7.75. The zero-order valence-electron chi connectivity index (χ0n) is 20.3. The third-order valence-corrected chi connectivity index (χ3v) is 5.60. The van der Waals surface area contributed by atoms with Crippen LogP contribution >= 0.6 is 34.8 Å². The summed E-state index contributed by atoms with van der Waals surface area (Å²) in [4.78, 5) is 39.4. The fourth-order valence-electron chi connectivity index (χ4n) is 3.75. The van der Waals surface area contributed by atoms with Crippen LogP contribution in [0.4, 0.5) is 10.5 Å². The van der Waals surface area contributed by atoms with Crippen LogP contribution in [0.5, 0.6) is 11.5 Å². The lowest BCUT2D eigenvalue weighted by atomic mass is 10.0. The molecule has 12 heteroatoms. The molecule has 0 aromatic heterocycles. The first-order valence-corrected chi connectivity index (χ1v) is 12.1. The Morgan fingerprint density at radius 2 is 1.78 bits per heavy atom. The van der Waals surface area contributed by atoms with Crippen molar-refractivity contribution in [3.05, 3.63) is 59.8 Å². The lowest BCUT2D eigenvalue weighted by Gasteiger charge is -2.25. The Morgan fingerprint density at radius 3 is 2.38 bits per heavy atom. The van der Waals surface area contributed by atoms with E-state index in [0.717, 1.165) is 11.1 Å². The molecule has 37 heavy (non-hydrogen) atoms. The molecule has 0 spiro atoms. The number of halogens is 3. The smallest absolute Gasteiger partial charge is 0.411 e. The first-order chi connectivity index (χ1) is 17.5. The monoisotopic (exact) mass is 570 g/mol. The lowest BCUT2D eigenvalue weighted by Crippen LogP contribution is -2.36. The van der Waals surface area contributed by atoms with Crippen LogP contribution < -0.4 is 14.8 Å². The zero-order valence-corrected chi connectivity index (χ0v) is 22.5. The summed E-state index contributed by atoms with van der Waals surface area (Å²) in [5.74, 6) is -0.998. The second-order valence-corrected chi connectivity index (χ2v) is 10.5. The fraction of sp³-hybridized carbons (Fsp3) is 0.320. The molecule has 1 aliphatic rings. The van der Waals surface area contributed by atoms with Gasteiger partial charge < -0.3 is 23.8 Å². The summed E-state index contributed by atoms with van der Waals surface area (Å²) in [5, 5.41) is 2.46. The molecule has 0 fully saturated rings. The number of hydrogen-bond acceptors (Lipinski definition) is 7. The Hall–Kier alpha value is -2.98. The number of benzene rings is 2. The van der Waals surface area contributed by atoms with Gasteiger partial charge in [-0.05, 0) is 23.6 Å². The number of rotatable bonds is 8. The van der Waals surface area contributed by atoms with Crippen molar-refractivity contribution in [1.82, 2.24) is 4.90 Å². The largest absolute Gasteiger partial charge is 0.493 e. The van der Waals surface area contributed by atoms with Crippen LogP contribution in [-0.4, -0.2) is 60.1 Å². The Balaban J connectivity index is 2.02. The molecule has 2 aromatic rings. The maximum absolute atomic E-state index is 13.8. The molecule has 0 aliphatic carbocycles. The van der Waals surface area contributed by atoms with Crippen molar-refractivity contribution in [3.63, 3.8) is 0 Å². The first-order valence-electron chi connectivity index (χ1n) is 11.0. The van der Waals surface area contributed by atoms with E-state index in [4.69, 9.17) is 53.8 Å². The van der Waals surface area contributed by atoms with Crippen molar-refractivity contribution in [1.29, 1.82) is 0 Å². The van der Waals surface area contributed by atoms with E-state index in [-0.39, 0.29) is 35.4 Å². The van der Waals surface area contributed by atoms with E-state index in [9.17, 15) is 14.4 Å². The van der Waals surface area contributed by atoms with Crippen LogP contribution in [-0.2, 0) is 14.3 Å². The van der Waals surface area contributed by atoms with E-state index in [1.807, 2.05) is 30.3 Å². The molecule has 1 aliphatic heterocycles. The van der Waals surface area contributed by atoms with E-state index in [1.54, 1.807) is 13.3 Å². The van der Waals surface area contributed by atoms with Crippen LogP contribution in [0.15, 0.2) is 48.7 Å². The van der Waals surface area contributed by atoms with Crippen molar-refractivity contribution >= 4 is 64.0 Å². The number of hydrogen-bond donors (Lipinski definition) is 1. The molecule has 2 amide bonds. The molecular weight excluding hydrogens is 547 g/mol. The topological polar surface area (TPSA) is 103 Å². The number of nitrogens with one attached hydrogen (secondary N) is 1. The molecule has 1 atom stereocenters. The van der Waals surface area contributed by atoms with Gasteiger partial charge in [-0.15, -0.1) is 0 Å². The Kier molecular flexibility index (Phi) is 9.67. The first kappa shape index (κ1) is 28.6. The second-order valence-electron chi connectivity index (χ2n) is 8.00. The van der Waals surface area contributed by atoms with E-state index in [0.29, 0.717) is 6.42 Å². The third-order valence-electron chi connectivity index (χ3n) is 5.27. The van der Waals surface area contributed by atoms with Crippen LogP contribution in [0.1, 0.15) is 29.3 Å². The molecule has 9 nitrogen and oxygen atoms in total. The normalized spacial score (nSPS) is 15.1. The number of nitrogens with zero attached hydrogens (tertiary/aromatic N) is 1. The second kappa shape index (κ2) is 12.5. The van der Waals surface area contributed by atoms with Gasteiger partial charge in [-0.2, -0.15) is 0 Å². The van der Waals surface area contributed by atoms with Gasteiger partial charge in [-0.25, -0.2) is 4.79 Å². The summed E-state index contributed by atoms with van der Waals surface area (Å²) in [7, 11) is 2.91. The van der Waals surface area contributed by atoms with E-state index in [2.05, 4.69) is 5.32 Å². The molecule has 0 radical (unpaired) electrons. The molecule has 0 saturated heterocycles. The van der Waals surface area contributed by atoms with Crippen LogP contribution in [0.25, 0.3) is 5.57 Å². The van der Waals surface area contributed by atoms with E-state index in [1.165, 1.54) is 31.1 Å². The average Bonchev–Trinajstić information content (AvgIpc) is 3.26. The number of esters is 1. The molecule has 0 saturated carbocycles. The highest BCUT2D eigenvalue weighted by molar-refractivity contribution is 6.67. The van der Waals surface area contributed by atoms with Crippen LogP contribution in [0.2, 0.25) is 0 Å². The molecule has 1 N–H and O–H groups in total. The van der Waals surface area contributed by atoms with Crippen molar-refractivity contribution < 1.29 is 33.3 Å². The lowest BCUT2D eigenvalue weighted by molar-refractivity contribution is -0.132. The average molecular weight is 572 g/mol. The van der Waals surface area contributed by atoms with Crippen molar-refractivity contribution in [2.24, 2.45) is 0 Å². The molecule has 2 aromatic carbocycles. The van der Waals surface area contributed by atoms with E-state index >= 15 is 0 Å². The Labute approximate surface area is 229 Å². The van der Waals surface area contributed by atoms with Gasteiger partial charge in [0.2, 0.25) is 3.79 Å². The minimum absolute atomic E-state index is 0.00547. The molecular formula is C25H25Cl3N2O7. The fourth-order valence-corrected chi connectivity index (χ4v) is 3.91. The van der Waals surface area contributed by atoms with Gasteiger partial charge in [0.15, 0.2) is 11.5 Å². The summed E-state index contributed by atoms with van der Waals surface area (Å²) in [5.41, 5.74) is 1.95. The summed E-state index contributed by atoms with van der Waals surface area (Å²) in [6.45, 7) is 0.941. The van der Waals surface area contributed by atoms with Gasteiger partial charge in [0.25, 0.3) is 5.91 Å². The predicted molar refractivity (Wildman–Crippen MR) is 140 cm³/mol.